The van der Waals surface area contributed by atoms with Crippen LogP contribution in [0.4, 0.5) is 0 Å². The summed E-state index contributed by atoms with van der Waals surface area (Å²) in [5, 5.41) is 0.986. The minimum absolute atomic E-state index is 0.117. The van der Waals surface area contributed by atoms with Crippen molar-refractivity contribution >= 4 is 29.1 Å². The third-order valence-corrected chi connectivity index (χ3v) is 5.15. The van der Waals surface area contributed by atoms with Crippen LogP contribution in [0.25, 0.3) is 0 Å². The SMILES string of the molecule is COc1ccc(C2CCCN2C(=O)Cc2ccc(Cl)c(Cl)c2)cc1. The summed E-state index contributed by atoms with van der Waals surface area (Å²) in [7, 11) is 1.65. The number of nitrogens with zero attached hydrogens (tertiary/aromatic N) is 1. The molecule has 2 aromatic carbocycles. The number of hydrogen-bond donors (Lipinski definition) is 0. The highest BCUT2D eigenvalue weighted by Crippen LogP contribution is 2.33. The molecule has 1 unspecified atom stereocenters. The Kier molecular flexibility index (Phi) is 5.32. The van der Waals surface area contributed by atoms with E-state index in [-0.39, 0.29) is 11.9 Å². The Morgan fingerprint density at radius 1 is 1.17 bits per heavy atom. The number of likely N-dealkylation sites (tertiary alicyclic amines) is 1. The zero-order valence-electron chi connectivity index (χ0n) is 13.5. The average Bonchev–Trinajstić information content (AvgIpc) is 3.08. The first-order valence-corrected chi connectivity index (χ1v) is 8.71. The Morgan fingerprint density at radius 3 is 2.58 bits per heavy atom. The Bertz CT molecular complexity index is 731. The van der Waals surface area contributed by atoms with Gasteiger partial charge in [-0.05, 0) is 48.2 Å². The summed E-state index contributed by atoms with van der Waals surface area (Å²) in [4.78, 5) is 14.7. The zero-order valence-corrected chi connectivity index (χ0v) is 15.0. The second-order valence-electron chi connectivity index (χ2n) is 5.94. The van der Waals surface area contributed by atoms with Gasteiger partial charge >= 0.3 is 0 Å². The van der Waals surface area contributed by atoms with E-state index in [9.17, 15) is 4.79 Å². The lowest BCUT2D eigenvalue weighted by Gasteiger charge is -2.25. The molecule has 1 heterocycles. The van der Waals surface area contributed by atoms with Gasteiger partial charge in [0.25, 0.3) is 0 Å². The molecule has 2 aromatic rings. The minimum atomic E-state index is 0.117. The second-order valence-corrected chi connectivity index (χ2v) is 6.76. The van der Waals surface area contributed by atoms with Gasteiger partial charge in [0.1, 0.15) is 5.75 Å². The number of hydrogen-bond acceptors (Lipinski definition) is 2. The fourth-order valence-corrected chi connectivity index (χ4v) is 3.48. The molecule has 0 spiro atoms. The monoisotopic (exact) mass is 363 g/mol. The first kappa shape index (κ1) is 17.1. The number of methoxy groups -OCH3 is 1. The molecular formula is C19H19Cl2NO2. The highest BCUT2D eigenvalue weighted by atomic mass is 35.5. The number of carbonyl (C=O) groups is 1. The molecule has 0 radical (unpaired) electrons. The number of amides is 1. The molecule has 3 nitrogen and oxygen atoms in total. The van der Waals surface area contributed by atoms with Gasteiger partial charge in [-0.1, -0.05) is 41.4 Å². The first-order chi connectivity index (χ1) is 11.6. The lowest BCUT2D eigenvalue weighted by molar-refractivity contribution is -0.131. The van der Waals surface area contributed by atoms with Gasteiger partial charge in [0, 0.05) is 6.54 Å². The molecule has 0 aliphatic carbocycles. The maximum atomic E-state index is 12.7. The molecule has 1 saturated heterocycles. The number of rotatable bonds is 4. The van der Waals surface area contributed by atoms with Crippen molar-refractivity contribution < 1.29 is 9.53 Å². The maximum absolute atomic E-state index is 12.7. The molecule has 1 aliphatic heterocycles. The van der Waals surface area contributed by atoms with Crippen LogP contribution < -0.4 is 4.74 Å². The van der Waals surface area contributed by atoms with Crippen LogP contribution in [0.1, 0.15) is 30.0 Å². The van der Waals surface area contributed by atoms with E-state index in [0.29, 0.717) is 16.5 Å². The standard InChI is InChI=1S/C19H19Cl2NO2/c1-24-15-7-5-14(6-8-15)18-3-2-10-22(18)19(23)12-13-4-9-16(20)17(21)11-13/h4-9,11,18H,2-3,10,12H2,1H3. The van der Waals surface area contributed by atoms with Crippen molar-refractivity contribution in [2.45, 2.75) is 25.3 Å². The van der Waals surface area contributed by atoms with E-state index in [1.54, 1.807) is 19.2 Å². The van der Waals surface area contributed by atoms with Gasteiger partial charge in [0.2, 0.25) is 5.91 Å². The summed E-state index contributed by atoms with van der Waals surface area (Å²) < 4.78 is 5.20. The van der Waals surface area contributed by atoms with Crippen molar-refractivity contribution in [1.29, 1.82) is 0 Å². The zero-order chi connectivity index (χ0) is 17.1. The molecule has 0 bridgehead atoms. The second kappa shape index (κ2) is 7.45. The Morgan fingerprint density at radius 2 is 1.92 bits per heavy atom. The highest BCUT2D eigenvalue weighted by molar-refractivity contribution is 6.42. The fourth-order valence-electron chi connectivity index (χ4n) is 3.16. The Labute approximate surface area is 152 Å². The number of benzene rings is 2. The van der Waals surface area contributed by atoms with Crippen molar-refractivity contribution in [2.75, 3.05) is 13.7 Å². The van der Waals surface area contributed by atoms with Gasteiger partial charge in [0.15, 0.2) is 0 Å². The van der Waals surface area contributed by atoms with Crippen molar-refractivity contribution in [3.63, 3.8) is 0 Å². The van der Waals surface area contributed by atoms with E-state index >= 15 is 0 Å². The summed E-state index contributed by atoms with van der Waals surface area (Å²) in [6.07, 6.45) is 2.34. The Hall–Kier alpha value is -1.71. The van der Waals surface area contributed by atoms with E-state index in [4.69, 9.17) is 27.9 Å². The van der Waals surface area contributed by atoms with Crippen LogP contribution in [-0.2, 0) is 11.2 Å². The largest absolute Gasteiger partial charge is 0.497 e. The van der Waals surface area contributed by atoms with Gasteiger partial charge in [-0.3, -0.25) is 4.79 Å². The molecule has 1 fully saturated rings. The van der Waals surface area contributed by atoms with Gasteiger partial charge in [-0.25, -0.2) is 0 Å². The summed E-state index contributed by atoms with van der Waals surface area (Å²) in [5.41, 5.74) is 2.03. The third kappa shape index (κ3) is 3.68. The molecule has 5 heteroatoms. The van der Waals surface area contributed by atoms with Crippen molar-refractivity contribution in [2.24, 2.45) is 0 Å². The first-order valence-electron chi connectivity index (χ1n) is 7.96. The molecule has 1 atom stereocenters. The number of carbonyl (C=O) groups excluding carboxylic acids is 1. The van der Waals surface area contributed by atoms with Crippen LogP contribution in [0.2, 0.25) is 10.0 Å². The van der Waals surface area contributed by atoms with E-state index < -0.39 is 0 Å². The predicted octanol–water partition coefficient (Wildman–Crippen LogP) is 4.91. The predicted molar refractivity (Wildman–Crippen MR) is 96.8 cm³/mol. The van der Waals surface area contributed by atoms with Crippen LogP contribution >= 0.6 is 23.2 Å². The van der Waals surface area contributed by atoms with E-state index in [1.807, 2.05) is 35.2 Å². The summed E-state index contributed by atoms with van der Waals surface area (Å²) in [5.74, 6) is 0.942. The quantitative estimate of drug-likeness (QED) is 0.772. The normalized spacial score (nSPS) is 17.1. The Balaban J connectivity index is 1.74. The lowest BCUT2D eigenvalue weighted by Crippen LogP contribution is -2.31. The smallest absolute Gasteiger partial charge is 0.227 e. The number of ether oxygens (including phenoxy) is 1. The molecule has 24 heavy (non-hydrogen) atoms. The van der Waals surface area contributed by atoms with Crippen molar-refractivity contribution in [1.82, 2.24) is 4.90 Å². The van der Waals surface area contributed by atoms with Crippen molar-refractivity contribution in [3.05, 3.63) is 63.6 Å². The molecule has 1 aliphatic rings. The number of halogens is 2. The highest BCUT2D eigenvalue weighted by Gasteiger charge is 2.29. The molecule has 3 rings (SSSR count). The molecule has 0 saturated carbocycles. The topological polar surface area (TPSA) is 29.5 Å². The minimum Gasteiger partial charge on any atom is -0.497 e. The van der Waals surface area contributed by atoms with E-state index in [1.165, 1.54) is 0 Å². The lowest BCUT2D eigenvalue weighted by atomic mass is 10.0. The van der Waals surface area contributed by atoms with E-state index in [0.717, 1.165) is 36.3 Å². The third-order valence-electron chi connectivity index (χ3n) is 4.41. The van der Waals surface area contributed by atoms with Gasteiger partial charge in [0.05, 0.1) is 29.6 Å². The molecule has 1 amide bonds. The summed E-state index contributed by atoms with van der Waals surface area (Å²) >= 11 is 12.0. The average molecular weight is 364 g/mol. The van der Waals surface area contributed by atoms with Crippen molar-refractivity contribution in [3.8, 4) is 5.75 Å². The molecular weight excluding hydrogens is 345 g/mol. The van der Waals surface area contributed by atoms with Crippen LogP contribution in [0.3, 0.4) is 0 Å². The molecule has 0 aromatic heterocycles. The van der Waals surface area contributed by atoms with Crippen LogP contribution in [0.15, 0.2) is 42.5 Å². The summed E-state index contributed by atoms with van der Waals surface area (Å²) in [6, 6.07) is 13.4. The molecule has 126 valence electrons. The van der Waals surface area contributed by atoms with E-state index in [2.05, 4.69) is 0 Å². The van der Waals surface area contributed by atoms with Gasteiger partial charge in [-0.2, -0.15) is 0 Å². The van der Waals surface area contributed by atoms with Crippen LogP contribution in [0.5, 0.6) is 5.75 Å². The maximum Gasteiger partial charge on any atom is 0.227 e. The van der Waals surface area contributed by atoms with Gasteiger partial charge < -0.3 is 9.64 Å². The van der Waals surface area contributed by atoms with Crippen LogP contribution in [0, 0.1) is 0 Å². The van der Waals surface area contributed by atoms with Gasteiger partial charge in [-0.15, -0.1) is 0 Å². The fraction of sp³-hybridized carbons (Fsp3) is 0.316. The van der Waals surface area contributed by atoms with Crippen LogP contribution in [-0.4, -0.2) is 24.5 Å². The molecule has 0 N–H and O–H groups in total. The summed E-state index contributed by atoms with van der Waals surface area (Å²) in [6.45, 7) is 0.789.